The van der Waals surface area contributed by atoms with Crippen LogP contribution in [0, 0.1) is 0 Å². The molecule has 1 heterocycles. The smallest absolute Gasteiger partial charge is 0.427 e. The fraction of sp³-hybridized carbons (Fsp3) is 0.211. The van der Waals surface area contributed by atoms with Crippen molar-refractivity contribution in [3.05, 3.63) is 58.6 Å². The molecular formula is C19H18ClN3O4. The van der Waals surface area contributed by atoms with Gasteiger partial charge in [-0.15, -0.1) is 0 Å². The maximum absolute atomic E-state index is 11.6. The van der Waals surface area contributed by atoms with E-state index in [-0.39, 0.29) is 19.1 Å². The third-order valence-electron chi connectivity index (χ3n) is 3.82. The maximum Gasteiger partial charge on any atom is 0.427 e. The van der Waals surface area contributed by atoms with E-state index in [4.69, 9.17) is 21.1 Å². The maximum atomic E-state index is 11.6. The molecule has 0 unspecified atom stereocenters. The van der Waals surface area contributed by atoms with Crippen molar-refractivity contribution in [2.24, 2.45) is 5.10 Å². The molecule has 0 saturated carbocycles. The quantitative estimate of drug-likeness (QED) is 0.608. The van der Waals surface area contributed by atoms with Crippen molar-refractivity contribution in [2.45, 2.75) is 13.3 Å². The van der Waals surface area contributed by atoms with Crippen LogP contribution >= 0.6 is 11.6 Å². The van der Waals surface area contributed by atoms with E-state index in [0.717, 1.165) is 5.56 Å². The summed E-state index contributed by atoms with van der Waals surface area (Å²) in [5, 5.41) is 7.55. The molecule has 140 valence electrons. The van der Waals surface area contributed by atoms with Gasteiger partial charge in [0.05, 0.1) is 18.0 Å². The number of nitrogens with one attached hydrogen (secondary N) is 2. The summed E-state index contributed by atoms with van der Waals surface area (Å²) in [6.45, 7) is 1.93. The Bertz CT molecular complexity index is 898. The number of anilines is 1. The number of ether oxygens (including phenoxy) is 2. The second-order valence-electron chi connectivity index (χ2n) is 5.71. The Morgan fingerprint density at radius 1 is 1.33 bits per heavy atom. The molecule has 1 aliphatic rings. The molecule has 0 aromatic heterocycles. The van der Waals surface area contributed by atoms with E-state index in [1.165, 1.54) is 0 Å². The lowest BCUT2D eigenvalue weighted by atomic mass is 10.0. The van der Waals surface area contributed by atoms with Gasteiger partial charge >= 0.3 is 6.09 Å². The van der Waals surface area contributed by atoms with Gasteiger partial charge in [0.2, 0.25) is 0 Å². The molecule has 0 atom stereocenters. The van der Waals surface area contributed by atoms with Crippen LogP contribution in [0.4, 0.5) is 10.5 Å². The number of nitrogens with zero attached hydrogens (tertiary/aromatic N) is 1. The summed E-state index contributed by atoms with van der Waals surface area (Å²) in [5.41, 5.74) is 5.03. The molecule has 8 heteroatoms. The molecule has 1 aliphatic heterocycles. The van der Waals surface area contributed by atoms with Crippen LogP contribution in [0.2, 0.25) is 5.02 Å². The third-order valence-corrected chi connectivity index (χ3v) is 4.19. The van der Waals surface area contributed by atoms with Gasteiger partial charge in [0.1, 0.15) is 5.75 Å². The zero-order valence-electron chi connectivity index (χ0n) is 14.6. The summed E-state index contributed by atoms with van der Waals surface area (Å²) in [4.78, 5) is 23.2. The van der Waals surface area contributed by atoms with Crippen molar-refractivity contribution in [1.82, 2.24) is 5.43 Å². The number of carbonyl (C=O) groups excluding carboxylic acids is 2. The van der Waals surface area contributed by atoms with E-state index in [0.29, 0.717) is 34.2 Å². The van der Waals surface area contributed by atoms with Gasteiger partial charge in [-0.1, -0.05) is 29.8 Å². The minimum Gasteiger partial charge on any atom is -0.482 e. The molecule has 0 bridgehead atoms. The number of benzene rings is 2. The molecule has 2 amide bonds. The van der Waals surface area contributed by atoms with Crippen molar-refractivity contribution in [2.75, 3.05) is 18.5 Å². The van der Waals surface area contributed by atoms with Crippen molar-refractivity contribution in [3.63, 3.8) is 0 Å². The Kier molecular flexibility index (Phi) is 5.93. The van der Waals surface area contributed by atoms with Gasteiger partial charge < -0.3 is 14.8 Å². The summed E-state index contributed by atoms with van der Waals surface area (Å²) < 4.78 is 10.2. The summed E-state index contributed by atoms with van der Waals surface area (Å²) in [5.74, 6) is 0.350. The number of rotatable bonds is 5. The molecule has 7 nitrogen and oxygen atoms in total. The van der Waals surface area contributed by atoms with E-state index >= 15 is 0 Å². The Morgan fingerprint density at radius 3 is 2.93 bits per heavy atom. The van der Waals surface area contributed by atoms with E-state index in [1.54, 1.807) is 31.2 Å². The largest absolute Gasteiger partial charge is 0.482 e. The first-order chi connectivity index (χ1) is 13.1. The molecule has 0 fully saturated rings. The molecule has 0 aliphatic carbocycles. The molecule has 0 saturated heterocycles. The normalized spacial score (nSPS) is 13.3. The molecular weight excluding hydrogens is 370 g/mol. The number of amides is 2. The summed E-state index contributed by atoms with van der Waals surface area (Å²) in [7, 11) is 0. The second-order valence-corrected chi connectivity index (χ2v) is 6.11. The molecule has 0 spiro atoms. The number of fused-ring (bicyclic) bond motifs is 1. The molecule has 3 rings (SSSR count). The summed E-state index contributed by atoms with van der Waals surface area (Å²) in [6, 6.07) is 12.7. The number of halogens is 1. The summed E-state index contributed by atoms with van der Waals surface area (Å²) >= 11 is 6.26. The van der Waals surface area contributed by atoms with Crippen molar-refractivity contribution in [3.8, 4) is 5.75 Å². The Labute approximate surface area is 161 Å². The molecule has 2 N–H and O–H groups in total. The van der Waals surface area contributed by atoms with Crippen molar-refractivity contribution < 1.29 is 19.1 Å². The van der Waals surface area contributed by atoms with Crippen LogP contribution in [0.1, 0.15) is 18.1 Å². The molecule has 2 aromatic carbocycles. The van der Waals surface area contributed by atoms with Gasteiger partial charge in [-0.2, -0.15) is 5.10 Å². The monoisotopic (exact) mass is 387 g/mol. The van der Waals surface area contributed by atoms with E-state index in [9.17, 15) is 9.59 Å². The predicted molar refractivity (Wildman–Crippen MR) is 102 cm³/mol. The average molecular weight is 388 g/mol. The zero-order valence-corrected chi connectivity index (χ0v) is 15.4. The van der Waals surface area contributed by atoms with Crippen LogP contribution in [0.25, 0.3) is 0 Å². The average Bonchev–Trinajstić information content (AvgIpc) is 2.66. The van der Waals surface area contributed by atoms with Gasteiger partial charge in [-0.25, -0.2) is 10.2 Å². The first kappa shape index (κ1) is 18.7. The second kappa shape index (κ2) is 8.55. The van der Waals surface area contributed by atoms with Gasteiger partial charge in [0.25, 0.3) is 5.91 Å². The zero-order chi connectivity index (χ0) is 19.2. The predicted octanol–water partition coefficient (Wildman–Crippen LogP) is 3.36. The molecule has 27 heavy (non-hydrogen) atoms. The number of carbonyl (C=O) groups is 2. The lowest BCUT2D eigenvalue weighted by molar-refractivity contribution is -0.118. The fourth-order valence-corrected chi connectivity index (χ4v) is 2.77. The minimum absolute atomic E-state index is 0.0165. The minimum atomic E-state index is -0.649. The van der Waals surface area contributed by atoms with E-state index < -0.39 is 6.09 Å². The van der Waals surface area contributed by atoms with Crippen LogP contribution in [0.3, 0.4) is 0 Å². The van der Waals surface area contributed by atoms with Crippen LogP contribution in [0.5, 0.6) is 5.75 Å². The highest BCUT2D eigenvalue weighted by atomic mass is 35.5. The van der Waals surface area contributed by atoms with Gasteiger partial charge in [-0.05, 0) is 36.8 Å². The van der Waals surface area contributed by atoms with Crippen LogP contribution < -0.4 is 15.5 Å². The van der Waals surface area contributed by atoms with Crippen molar-refractivity contribution >= 4 is 35.0 Å². The van der Waals surface area contributed by atoms with Crippen LogP contribution in [0.15, 0.2) is 47.6 Å². The topological polar surface area (TPSA) is 89.0 Å². The molecule has 0 radical (unpaired) electrons. The number of hydrazone groups is 1. The Morgan fingerprint density at radius 2 is 2.15 bits per heavy atom. The highest BCUT2D eigenvalue weighted by Crippen LogP contribution is 2.29. The van der Waals surface area contributed by atoms with Gasteiger partial charge in [0, 0.05) is 17.0 Å². The fourth-order valence-electron chi connectivity index (χ4n) is 2.57. The van der Waals surface area contributed by atoms with E-state index in [2.05, 4.69) is 15.8 Å². The van der Waals surface area contributed by atoms with Gasteiger partial charge in [0.15, 0.2) is 6.61 Å². The van der Waals surface area contributed by atoms with Crippen LogP contribution in [-0.4, -0.2) is 30.9 Å². The first-order valence-corrected chi connectivity index (χ1v) is 8.74. The highest BCUT2D eigenvalue weighted by molar-refractivity contribution is 6.31. The van der Waals surface area contributed by atoms with Gasteiger partial charge in [-0.3, -0.25) is 4.79 Å². The number of hydrogen-bond acceptors (Lipinski definition) is 5. The standard InChI is InChI=1S/C19H18ClN3O4/c1-2-26-19(25)23-22-15(9-12-5-3-4-6-14(12)20)13-7-8-17-16(10-13)21-18(24)11-27-17/h3-8,10H,2,9,11H2,1H3,(H,21,24)(H,23,25)/b22-15-. The lowest BCUT2D eigenvalue weighted by Gasteiger charge is -2.19. The lowest BCUT2D eigenvalue weighted by Crippen LogP contribution is -2.26. The van der Waals surface area contributed by atoms with Crippen molar-refractivity contribution in [1.29, 1.82) is 0 Å². The SMILES string of the molecule is CCOC(=O)N/N=C(/Cc1ccccc1Cl)c1ccc2c(c1)NC(=O)CO2. The number of hydrogen-bond donors (Lipinski definition) is 2. The third kappa shape index (κ3) is 4.77. The Balaban J connectivity index is 1.92. The highest BCUT2D eigenvalue weighted by Gasteiger charge is 2.18. The Hall–Kier alpha value is -3.06. The first-order valence-electron chi connectivity index (χ1n) is 8.36. The molecule has 2 aromatic rings. The van der Waals surface area contributed by atoms with E-state index in [1.807, 2.05) is 18.2 Å². The van der Waals surface area contributed by atoms with Crippen LogP contribution in [-0.2, 0) is 16.0 Å². The summed E-state index contributed by atoms with van der Waals surface area (Å²) in [6.07, 6.45) is -0.275.